The van der Waals surface area contributed by atoms with E-state index in [-0.39, 0.29) is 5.56 Å². The summed E-state index contributed by atoms with van der Waals surface area (Å²) < 4.78 is 38.9. The third-order valence-corrected chi connectivity index (χ3v) is 3.61. The highest BCUT2D eigenvalue weighted by Gasteiger charge is 2.35. The molecule has 1 saturated carbocycles. The number of nitrogens with zero attached hydrogens (tertiary/aromatic N) is 2. The Morgan fingerprint density at radius 1 is 1.43 bits per heavy atom. The first-order valence-corrected chi connectivity index (χ1v) is 6.81. The number of nitrogens with two attached hydrogens (primary N) is 1. The van der Waals surface area contributed by atoms with Gasteiger partial charge in [-0.2, -0.15) is 13.2 Å². The van der Waals surface area contributed by atoms with Crippen molar-refractivity contribution in [3.8, 4) is 0 Å². The fourth-order valence-corrected chi connectivity index (χ4v) is 2.27. The van der Waals surface area contributed by atoms with Gasteiger partial charge in [0, 0.05) is 24.3 Å². The van der Waals surface area contributed by atoms with Gasteiger partial charge in [0.1, 0.15) is 0 Å². The Bertz CT molecular complexity index is 539. The summed E-state index contributed by atoms with van der Waals surface area (Å²) in [6.45, 7) is 3.46. The van der Waals surface area contributed by atoms with E-state index < -0.39 is 17.6 Å². The summed E-state index contributed by atoms with van der Waals surface area (Å²) in [4.78, 5) is 2.01. The highest BCUT2D eigenvalue weighted by atomic mass is 19.4. The van der Waals surface area contributed by atoms with Gasteiger partial charge in [-0.15, -0.1) is 0 Å². The van der Waals surface area contributed by atoms with Crippen molar-refractivity contribution in [2.24, 2.45) is 16.8 Å². The first-order valence-electron chi connectivity index (χ1n) is 6.81. The van der Waals surface area contributed by atoms with Crippen LogP contribution in [0.5, 0.6) is 0 Å². The van der Waals surface area contributed by atoms with Crippen LogP contribution in [-0.4, -0.2) is 24.1 Å². The van der Waals surface area contributed by atoms with Gasteiger partial charge >= 0.3 is 6.18 Å². The Balaban J connectivity index is 2.40. The molecule has 0 spiro atoms. The lowest BCUT2D eigenvalue weighted by atomic mass is 10.0. The minimum absolute atomic E-state index is 0.295. The lowest BCUT2D eigenvalue weighted by Gasteiger charge is -2.24. The van der Waals surface area contributed by atoms with Crippen molar-refractivity contribution in [2.45, 2.75) is 25.9 Å². The molecule has 21 heavy (non-hydrogen) atoms. The zero-order valence-corrected chi connectivity index (χ0v) is 11.7. The Hall–Kier alpha value is -1.92. The number of rotatable bonds is 5. The third-order valence-electron chi connectivity index (χ3n) is 3.61. The van der Waals surface area contributed by atoms with Gasteiger partial charge in [-0.05, 0) is 43.9 Å². The molecule has 1 aliphatic carbocycles. The number of alkyl halides is 3. The zero-order chi connectivity index (χ0) is 15.6. The summed E-state index contributed by atoms with van der Waals surface area (Å²) in [5, 5.41) is 11.4. The Morgan fingerprint density at radius 3 is 2.57 bits per heavy atom. The number of hydrogen-bond acceptors (Lipinski definition) is 3. The number of oxime groups is 1. The molecule has 0 saturated heterocycles. The molecule has 3 N–H and O–H groups in total. The second-order valence-corrected chi connectivity index (χ2v) is 5.19. The molecular weight excluding hydrogens is 283 g/mol. The Labute approximate surface area is 121 Å². The van der Waals surface area contributed by atoms with Crippen LogP contribution in [0.4, 0.5) is 18.9 Å². The monoisotopic (exact) mass is 301 g/mol. The van der Waals surface area contributed by atoms with Crippen LogP contribution in [0.3, 0.4) is 0 Å². The quantitative estimate of drug-likeness (QED) is 0.380. The van der Waals surface area contributed by atoms with Crippen LogP contribution >= 0.6 is 0 Å². The fraction of sp³-hybridized carbons (Fsp3) is 0.500. The van der Waals surface area contributed by atoms with E-state index in [4.69, 9.17) is 10.9 Å². The topological polar surface area (TPSA) is 61.8 Å². The van der Waals surface area contributed by atoms with E-state index in [1.807, 2.05) is 11.8 Å². The van der Waals surface area contributed by atoms with Gasteiger partial charge in [-0.1, -0.05) is 5.16 Å². The van der Waals surface area contributed by atoms with Crippen LogP contribution in [0, 0.1) is 5.92 Å². The van der Waals surface area contributed by atoms with E-state index in [1.165, 1.54) is 12.1 Å². The fourth-order valence-electron chi connectivity index (χ4n) is 2.27. The normalized spacial score (nSPS) is 16.1. The maximum absolute atomic E-state index is 13.0. The van der Waals surface area contributed by atoms with Crippen molar-refractivity contribution in [1.29, 1.82) is 0 Å². The predicted molar refractivity (Wildman–Crippen MR) is 74.6 cm³/mol. The summed E-state index contributed by atoms with van der Waals surface area (Å²) in [6.07, 6.45) is -2.23. The minimum Gasteiger partial charge on any atom is -0.409 e. The molecule has 116 valence electrons. The molecule has 0 atom stereocenters. The summed E-state index contributed by atoms with van der Waals surface area (Å²) in [5.74, 6) is 0.0752. The van der Waals surface area contributed by atoms with Crippen LogP contribution in [-0.2, 0) is 6.18 Å². The van der Waals surface area contributed by atoms with Crippen LogP contribution in [0.1, 0.15) is 30.9 Å². The van der Waals surface area contributed by atoms with Crippen molar-refractivity contribution in [2.75, 3.05) is 18.0 Å². The molecule has 0 unspecified atom stereocenters. The van der Waals surface area contributed by atoms with Gasteiger partial charge in [-0.25, -0.2) is 0 Å². The van der Waals surface area contributed by atoms with Crippen molar-refractivity contribution in [1.82, 2.24) is 0 Å². The van der Waals surface area contributed by atoms with Crippen molar-refractivity contribution < 1.29 is 18.4 Å². The molecule has 0 aliphatic heterocycles. The summed E-state index contributed by atoms with van der Waals surface area (Å²) in [7, 11) is 0. The van der Waals surface area contributed by atoms with Gasteiger partial charge in [0.15, 0.2) is 5.84 Å². The van der Waals surface area contributed by atoms with Crippen molar-refractivity contribution in [3.05, 3.63) is 29.3 Å². The standard InChI is InChI=1S/C14H18F3N3O/c1-2-20(8-9-3-4-9)10-5-6-12(14(15,16)17)11(7-10)13(18)19-21/h5-7,9,21H,2-4,8H2,1H3,(H2,18,19). The molecule has 0 aromatic heterocycles. The molecule has 1 fully saturated rings. The van der Waals surface area contributed by atoms with Gasteiger partial charge in [0.2, 0.25) is 0 Å². The average Bonchev–Trinajstić information content (AvgIpc) is 3.26. The molecule has 0 amide bonds. The first kappa shape index (κ1) is 15.5. The van der Waals surface area contributed by atoms with E-state index >= 15 is 0 Å². The van der Waals surface area contributed by atoms with Gasteiger partial charge in [0.25, 0.3) is 0 Å². The third kappa shape index (κ3) is 3.59. The zero-order valence-electron chi connectivity index (χ0n) is 11.7. The average molecular weight is 301 g/mol. The molecular formula is C14H18F3N3O. The summed E-state index contributed by atoms with van der Waals surface area (Å²) in [5.41, 5.74) is 4.86. The second kappa shape index (κ2) is 5.83. The molecule has 1 aromatic rings. The smallest absolute Gasteiger partial charge is 0.409 e. The van der Waals surface area contributed by atoms with Crippen LogP contribution in [0.2, 0.25) is 0 Å². The van der Waals surface area contributed by atoms with E-state index in [0.717, 1.165) is 25.5 Å². The van der Waals surface area contributed by atoms with E-state index in [9.17, 15) is 13.2 Å². The molecule has 1 aliphatic rings. The largest absolute Gasteiger partial charge is 0.417 e. The van der Waals surface area contributed by atoms with E-state index in [2.05, 4.69) is 5.16 Å². The van der Waals surface area contributed by atoms with Crippen LogP contribution in [0.25, 0.3) is 0 Å². The molecule has 7 heteroatoms. The van der Waals surface area contributed by atoms with Gasteiger partial charge in [-0.3, -0.25) is 0 Å². The Morgan fingerprint density at radius 2 is 2.10 bits per heavy atom. The highest BCUT2D eigenvalue weighted by Crippen LogP contribution is 2.35. The second-order valence-electron chi connectivity index (χ2n) is 5.19. The van der Waals surface area contributed by atoms with Gasteiger partial charge in [0.05, 0.1) is 5.56 Å². The SMILES string of the molecule is CCN(CC1CC1)c1ccc(C(F)(F)F)c(/C(N)=N/O)c1. The summed E-state index contributed by atoms with van der Waals surface area (Å²) in [6, 6.07) is 3.75. The number of benzene rings is 1. The maximum Gasteiger partial charge on any atom is 0.417 e. The molecule has 0 heterocycles. The maximum atomic E-state index is 13.0. The Kier molecular flexibility index (Phi) is 4.29. The lowest BCUT2D eigenvalue weighted by Crippen LogP contribution is -2.27. The number of hydrogen-bond donors (Lipinski definition) is 2. The number of anilines is 1. The van der Waals surface area contributed by atoms with E-state index in [1.54, 1.807) is 0 Å². The van der Waals surface area contributed by atoms with E-state index in [0.29, 0.717) is 18.2 Å². The molecule has 1 aromatic carbocycles. The van der Waals surface area contributed by atoms with Crippen molar-refractivity contribution >= 4 is 11.5 Å². The predicted octanol–water partition coefficient (Wildman–Crippen LogP) is 3.04. The molecule has 0 bridgehead atoms. The summed E-state index contributed by atoms with van der Waals surface area (Å²) >= 11 is 0. The lowest BCUT2D eigenvalue weighted by molar-refractivity contribution is -0.137. The first-order chi connectivity index (χ1) is 9.86. The molecule has 4 nitrogen and oxygen atoms in total. The molecule has 2 rings (SSSR count). The van der Waals surface area contributed by atoms with Crippen LogP contribution in [0.15, 0.2) is 23.4 Å². The number of halogens is 3. The van der Waals surface area contributed by atoms with Gasteiger partial charge < -0.3 is 15.8 Å². The highest BCUT2D eigenvalue weighted by molar-refractivity contribution is 5.99. The number of amidine groups is 1. The molecule has 0 radical (unpaired) electrons. The van der Waals surface area contributed by atoms with Crippen molar-refractivity contribution in [3.63, 3.8) is 0 Å². The minimum atomic E-state index is -4.54. The van der Waals surface area contributed by atoms with Crippen LogP contribution < -0.4 is 10.6 Å².